The Morgan fingerprint density at radius 3 is 2.73 bits per heavy atom. The third kappa shape index (κ3) is 3.33. The Balaban J connectivity index is 1.47. The monoisotopic (exact) mass is 493 g/mol. The fraction of sp³-hybridized carbons (Fsp3) is 0.179. The molecule has 9 heteroatoms. The van der Waals surface area contributed by atoms with E-state index < -0.39 is 17.3 Å². The van der Waals surface area contributed by atoms with Gasteiger partial charge in [0.1, 0.15) is 17.3 Å². The van der Waals surface area contributed by atoms with E-state index >= 15 is 0 Å². The zero-order valence-corrected chi connectivity index (χ0v) is 19.8. The number of benzene rings is 2. The highest BCUT2D eigenvalue weighted by Crippen LogP contribution is 2.48. The maximum atomic E-state index is 14.7. The number of para-hydroxylation sites is 1. The van der Waals surface area contributed by atoms with Crippen molar-refractivity contribution in [2.75, 3.05) is 25.1 Å². The molecule has 6 rings (SSSR count). The number of nitrogens with zero attached hydrogens (tertiary/aromatic N) is 5. The third-order valence-electron chi connectivity index (χ3n) is 7.15. The molecule has 0 N–H and O–H groups in total. The number of hydrogen-bond donors (Lipinski definition) is 0. The lowest BCUT2D eigenvalue weighted by Gasteiger charge is -2.45. The van der Waals surface area contributed by atoms with Crippen molar-refractivity contribution in [3.05, 3.63) is 89.8 Å². The minimum atomic E-state index is -0.843. The molecule has 1 fully saturated rings. The summed E-state index contributed by atoms with van der Waals surface area (Å²) in [6.45, 7) is 0.598. The van der Waals surface area contributed by atoms with Crippen LogP contribution in [0.15, 0.2) is 67.1 Å². The molecule has 2 aromatic heterocycles. The molecular weight excluding hydrogens is 473 g/mol. The number of aromatic nitrogens is 2. The molecule has 0 radical (unpaired) electrons. The molecule has 8 nitrogen and oxygen atoms in total. The van der Waals surface area contributed by atoms with Gasteiger partial charge in [-0.25, -0.2) is 9.18 Å². The molecule has 2 aliphatic rings. The van der Waals surface area contributed by atoms with Gasteiger partial charge < -0.3 is 14.5 Å². The molecule has 4 aromatic rings. The number of carbonyl (C=O) groups excluding carboxylic acids is 2. The second kappa shape index (κ2) is 8.38. The number of likely N-dealkylation sites (tertiary alicyclic amines) is 1. The number of amides is 2. The predicted molar refractivity (Wildman–Crippen MR) is 133 cm³/mol. The Hall–Kier alpha value is -4.84. The van der Waals surface area contributed by atoms with Crippen LogP contribution in [-0.2, 0) is 21.5 Å². The summed E-state index contributed by atoms with van der Waals surface area (Å²) in [5.41, 5.74) is 2.62. The number of fused-ring (bicyclic) bond motifs is 3. The van der Waals surface area contributed by atoms with E-state index in [1.54, 1.807) is 29.6 Å². The van der Waals surface area contributed by atoms with Gasteiger partial charge in [-0.15, -0.1) is 0 Å². The smallest absolute Gasteiger partial charge is 0.409 e. The molecule has 2 amide bonds. The largest absolute Gasteiger partial charge is 0.453 e. The highest BCUT2D eigenvalue weighted by atomic mass is 19.1. The van der Waals surface area contributed by atoms with E-state index in [0.29, 0.717) is 22.0 Å². The van der Waals surface area contributed by atoms with E-state index in [1.807, 2.05) is 36.4 Å². The van der Waals surface area contributed by atoms with Gasteiger partial charge in [-0.3, -0.25) is 14.8 Å². The third-order valence-corrected chi connectivity index (χ3v) is 7.15. The number of carbonyl (C=O) groups is 2. The molecule has 0 bridgehead atoms. The van der Waals surface area contributed by atoms with E-state index in [9.17, 15) is 19.2 Å². The van der Waals surface area contributed by atoms with Gasteiger partial charge in [0.05, 0.1) is 24.9 Å². The fourth-order valence-electron chi connectivity index (χ4n) is 5.39. The van der Waals surface area contributed by atoms with Gasteiger partial charge >= 0.3 is 6.09 Å². The van der Waals surface area contributed by atoms with Gasteiger partial charge in [-0.05, 0) is 35.2 Å². The summed E-state index contributed by atoms with van der Waals surface area (Å²) in [5.74, 6) is -0.755. The molecule has 4 heterocycles. The average molecular weight is 493 g/mol. The molecular formula is C28H20FN5O3. The van der Waals surface area contributed by atoms with E-state index in [-0.39, 0.29) is 31.1 Å². The molecule has 0 unspecified atom stereocenters. The number of pyridine rings is 2. The molecule has 1 spiro atoms. The zero-order chi connectivity index (χ0) is 25.7. The quantitative estimate of drug-likeness (QED) is 0.425. The fourth-order valence-corrected chi connectivity index (χ4v) is 5.39. The van der Waals surface area contributed by atoms with Crippen molar-refractivity contribution >= 4 is 28.5 Å². The predicted octanol–water partition coefficient (Wildman–Crippen LogP) is 4.17. The summed E-state index contributed by atoms with van der Waals surface area (Å²) in [6.07, 6.45) is 4.43. The van der Waals surface area contributed by atoms with Crippen LogP contribution in [0.1, 0.15) is 16.8 Å². The van der Waals surface area contributed by atoms with Crippen molar-refractivity contribution < 1.29 is 18.7 Å². The topological polar surface area (TPSA) is 99.4 Å². The van der Waals surface area contributed by atoms with Crippen LogP contribution in [-0.4, -0.2) is 47.1 Å². The number of rotatable bonds is 3. The number of hydrogen-bond acceptors (Lipinski definition) is 6. The summed E-state index contributed by atoms with van der Waals surface area (Å²) >= 11 is 0. The van der Waals surface area contributed by atoms with Gasteiger partial charge in [-0.1, -0.05) is 24.3 Å². The Morgan fingerprint density at radius 1 is 1.19 bits per heavy atom. The number of halogens is 1. The molecule has 182 valence electrons. The molecule has 37 heavy (non-hydrogen) atoms. The number of ether oxygens (including phenoxy) is 1. The molecule has 2 aromatic carbocycles. The summed E-state index contributed by atoms with van der Waals surface area (Å²) < 4.78 is 19.6. The van der Waals surface area contributed by atoms with Crippen LogP contribution in [0.5, 0.6) is 0 Å². The second-order valence-electron chi connectivity index (χ2n) is 9.17. The van der Waals surface area contributed by atoms with Crippen molar-refractivity contribution in [2.24, 2.45) is 0 Å². The first kappa shape index (κ1) is 22.6. The standard InChI is InChI=1S/C28H20FN5O3/c1-37-27(36)33-15-28(16-33)21-6-2-3-7-24(21)34(26(28)35)14-23-25(17-5-4-8-31-12-17)20-10-22(29)18(11-30)9-19(20)13-32-23/h2-10,12-13H,14-16H2,1H3. The first-order valence-corrected chi connectivity index (χ1v) is 11.6. The normalized spacial score (nSPS) is 15.4. The zero-order valence-electron chi connectivity index (χ0n) is 19.8. The lowest BCUT2D eigenvalue weighted by atomic mass is 9.75. The number of methoxy groups -OCH3 is 1. The Labute approximate surface area is 211 Å². The Morgan fingerprint density at radius 2 is 2.00 bits per heavy atom. The van der Waals surface area contributed by atoms with Gasteiger partial charge in [-0.2, -0.15) is 5.26 Å². The maximum absolute atomic E-state index is 14.7. The van der Waals surface area contributed by atoms with Gasteiger partial charge in [0, 0.05) is 53.9 Å². The number of nitriles is 1. The second-order valence-corrected chi connectivity index (χ2v) is 9.17. The summed E-state index contributed by atoms with van der Waals surface area (Å²) in [5, 5.41) is 10.5. The SMILES string of the molecule is COC(=O)N1CC2(C1)C(=O)N(Cc1ncc3cc(C#N)c(F)cc3c1-c1cccnc1)c1ccccc12. The van der Waals surface area contributed by atoms with E-state index in [1.165, 1.54) is 24.1 Å². The molecule has 1 saturated heterocycles. The van der Waals surface area contributed by atoms with Crippen LogP contribution in [0.2, 0.25) is 0 Å². The van der Waals surface area contributed by atoms with Crippen molar-refractivity contribution in [1.29, 1.82) is 5.26 Å². The van der Waals surface area contributed by atoms with Crippen LogP contribution in [0.4, 0.5) is 14.9 Å². The molecule has 0 atom stereocenters. The lowest BCUT2D eigenvalue weighted by Crippen LogP contribution is -2.65. The van der Waals surface area contributed by atoms with Crippen LogP contribution < -0.4 is 4.90 Å². The molecule has 0 saturated carbocycles. The first-order chi connectivity index (χ1) is 18.0. The summed E-state index contributed by atoms with van der Waals surface area (Å²) in [4.78, 5) is 38.0. The molecule has 2 aliphatic heterocycles. The molecule has 0 aliphatic carbocycles. The van der Waals surface area contributed by atoms with Crippen molar-refractivity contribution in [3.63, 3.8) is 0 Å². The van der Waals surface area contributed by atoms with Crippen molar-refractivity contribution in [3.8, 4) is 17.2 Å². The maximum Gasteiger partial charge on any atom is 0.409 e. The Bertz CT molecular complexity index is 1630. The van der Waals surface area contributed by atoms with E-state index in [2.05, 4.69) is 9.97 Å². The van der Waals surface area contributed by atoms with E-state index in [0.717, 1.165) is 16.8 Å². The summed E-state index contributed by atoms with van der Waals surface area (Å²) in [6, 6.07) is 15.8. The van der Waals surface area contributed by atoms with Crippen LogP contribution in [0, 0.1) is 17.1 Å². The minimum absolute atomic E-state index is 0.0649. The summed E-state index contributed by atoms with van der Waals surface area (Å²) in [7, 11) is 1.32. The minimum Gasteiger partial charge on any atom is -0.453 e. The lowest BCUT2D eigenvalue weighted by molar-refractivity contribution is -0.128. The highest BCUT2D eigenvalue weighted by Gasteiger charge is 2.59. The van der Waals surface area contributed by atoms with Crippen molar-refractivity contribution in [1.82, 2.24) is 14.9 Å². The van der Waals surface area contributed by atoms with Crippen LogP contribution in [0.3, 0.4) is 0 Å². The highest BCUT2D eigenvalue weighted by molar-refractivity contribution is 6.10. The Kier molecular flexibility index (Phi) is 5.12. The van der Waals surface area contributed by atoms with Gasteiger partial charge in [0.25, 0.3) is 0 Å². The van der Waals surface area contributed by atoms with E-state index in [4.69, 9.17) is 4.74 Å². The van der Waals surface area contributed by atoms with Crippen LogP contribution in [0.25, 0.3) is 21.9 Å². The van der Waals surface area contributed by atoms with Gasteiger partial charge in [0.2, 0.25) is 5.91 Å². The van der Waals surface area contributed by atoms with Gasteiger partial charge in [0.15, 0.2) is 0 Å². The first-order valence-electron chi connectivity index (χ1n) is 11.6. The van der Waals surface area contributed by atoms with Crippen molar-refractivity contribution in [2.45, 2.75) is 12.0 Å². The van der Waals surface area contributed by atoms with Crippen LogP contribution >= 0.6 is 0 Å². The average Bonchev–Trinajstić information content (AvgIpc) is 3.15. The number of anilines is 1.